The number of hydrogen-bond acceptors (Lipinski definition) is 4. The Labute approximate surface area is 438 Å². The summed E-state index contributed by atoms with van der Waals surface area (Å²) < 4.78 is 19.0. The molecule has 1 aliphatic heterocycles. The largest absolute Gasteiger partial charge is 0 e. The molecule has 6 aromatic carbocycles. The Bertz CT molecular complexity index is 3350. The molecular weight excluding hydrogens is 1150 g/mol. The summed E-state index contributed by atoms with van der Waals surface area (Å²) in [6.45, 7) is 33.3. The third-order valence-electron chi connectivity index (χ3n) is 13.5. The summed E-state index contributed by atoms with van der Waals surface area (Å²) in [6.07, 6.45) is 2.78. The average molecular weight is 1220 g/mol. The number of benzene rings is 6. The van der Waals surface area contributed by atoms with Crippen LogP contribution in [0.3, 0.4) is 0 Å². The summed E-state index contributed by atoms with van der Waals surface area (Å²) in [5, 5.41) is 12.6. The van der Waals surface area contributed by atoms with Crippen LogP contribution in [0.15, 0.2) is 121 Å². The fourth-order valence-corrected chi connectivity index (χ4v) is 14.2. The fraction of sp³-hybridized carbons (Fsp3) is 0.333. The van der Waals surface area contributed by atoms with E-state index in [1.807, 2.05) is 12.3 Å². The molecule has 364 valence electrons. The van der Waals surface area contributed by atoms with Crippen molar-refractivity contribution in [3.05, 3.63) is 155 Å². The maximum Gasteiger partial charge on any atom is 0 e. The first kappa shape index (κ1) is 51.4. The van der Waals surface area contributed by atoms with Crippen molar-refractivity contribution in [2.75, 3.05) is 0 Å². The fourth-order valence-electron chi connectivity index (χ4n) is 9.69. The van der Waals surface area contributed by atoms with E-state index < -0.39 is 19.5 Å². The number of pyridine rings is 1. The van der Waals surface area contributed by atoms with Gasteiger partial charge >= 0.3 is 300 Å². The predicted molar refractivity (Wildman–Crippen MR) is 290 cm³/mol. The summed E-state index contributed by atoms with van der Waals surface area (Å²) >= 11 is -3.27. The molecule has 0 spiro atoms. The van der Waals surface area contributed by atoms with Crippen LogP contribution >= 0.6 is 0 Å². The van der Waals surface area contributed by atoms with Crippen molar-refractivity contribution >= 4 is 37.8 Å². The van der Waals surface area contributed by atoms with E-state index in [9.17, 15) is 8.21 Å². The summed E-state index contributed by atoms with van der Waals surface area (Å²) in [7, 11) is 0. The molecule has 70 heavy (non-hydrogen) atoms. The molecule has 1 aliphatic rings. The number of rotatable bonds is 6. The van der Waals surface area contributed by atoms with Gasteiger partial charge in [0, 0.05) is 21.1 Å². The molecular formula is C63H68N3O2PtTe-. The molecule has 0 saturated heterocycles. The minimum absolute atomic E-state index is 0. The number of hydrogen-bond donors (Lipinski definition) is 1. The molecule has 0 aliphatic carbocycles. The average Bonchev–Trinajstić information content (AvgIpc) is 3.79. The maximum absolute atomic E-state index is 14.9. The second kappa shape index (κ2) is 18.3. The van der Waals surface area contributed by atoms with Crippen molar-refractivity contribution in [3.8, 4) is 67.5 Å². The minimum atomic E-state index is -3.27. The second-order valence-electron chi connectivity index (χ2n) is 24.5. The van der Waals surface area contributed by atoms with Gasteiger partial charge in [-0.05, 0) is 21.8 Å². The van der Waals surface area contributed by atoms with E-state index in [1.165, 1.54) is 11.1 Å². The molecule has 0 amide bonds. The van der Waals surface area contributed by atoms with Gasteiger partial charge in [-0.15, -0.1) is 0 Å². The number of imidazole rings is 1. The number of nitrogens with zero attached hydrogens (tertiary/aromatic N) is 3. The molecule has 1 N–H and O–H groups in total. The molecule has 0 bridgehead atoms. The first-order chi connectivity index (χ1) is 32.2. The maximum atomic E-state index is 14.9. The van der Waals surface area contributed by atoms with Crippen LogP contribution in [0.4, 0.5) is 0 Å². The van der Waals surface area contributed by atoms with Crippen LogP contribution in [0.5, 0.6) is 5.75 Å². The Balaban J connectivity index is 0.00000659. The number of para-hydroxylation sites is 1. The molecule has 0 fully saturated rings. The van der Waals surface area contributed by atoms with Gasteiger partial charge in [-0.2, -0.15) is 0 Å². The molecule has 0 unspecified atom stereocenters. The van der Waals surface area contributed by atoms with Gasteiger partial charge in [0.1, 0.15) is 0 Å². The van der Waals surface area contributed by atoms with Gasteiger partial charge in [-0.3, -0.25) is 0 Å². The van der Waals surface area contributed by atoms with Gasteiger partial charge in [0.15, 0.2) is 0 Å². The Morgan fingerprint density at radius 3 is 1.87 bits per heavy atom. The first-order valence-corrected chi connectivity index (χ1v) is 27.7. The summed E-state index contributed by atoms with van der Waals surface area (Å²) in [6, 6.07) is 45.0. The standard InChI is InChI=1S/C63H68N3O2Te.Pt/c1-59(2,3)37-38-24-26-46-47-28-29-64-54(57(47)69(68)53(46)30-38)41-31-40(32-43(33-41)61(7,8)9)45-22-19-23-52-55(45)65-58(49-35-44(62(10,11)12)36-50(56(49)67)63(13,14)15)66(52)51-27-25-42(60(4,5)6)34-48(51)39-20-17-16-18-21-39;/h16-30,32-36,67H,37H2,1-15H3;/q-1;. The van der Waals surface area contributed by atoms with Crippen LogP contribution in [0.25, 0.3) is 72.7 Å². The minimum Gasteiger partial charge on any atom is 0 e. The van der Waals surface area contributed by atoms with Gasteiger partial charge in [-0.25, -0.2) is 0 Å². The van der Waals surface area contributed by atoms with Gasteiger partial charge in [0.2, 0.25) is 0 Å². The van der Waals surface area contributed by atoms with Crippen molar-refractivity contribution in [3.63, 3.8) is 0 Å². The predicted octanol–water partition coefficient (Wildman–Crippen LogP) is 14.9. The smallest absolute Gasteiger partial charge is 0 e. The van der Waals surface area contributed by atoms with Gasteiger partial charge in [0.25, 0.3) is 0 Å². The van der Waals surface area contributed by atoms with Crippen LogP contribution in [0.1, 0.15) is 132 Å². The number of phenols is 1. The zero-order chi connectivity index (χ0) is 49.7. The van der Waals surface area contributed by atoms with Crippen LogP contribution in [0, 0.1) is 11.5 Å². The zero-order valence-electron chi connectivity index (χ0n) is 43.7. The van der Waals surface area contributed by atoms with Crippen LogP contribution in [-0.4, -0.2) is 39.2 Å². The molecule has 9 rings (SSSR count). The molecule has 5 nitrogen and oxygen atoms in total. The molecule has 8 aromatic rings. The third kappa shape index (κ3) is 9.71. The molecule has 0 atom stereocenters. The van der Waals surface area contributed by atoms with E-state index in [0.717, 1.165) is 91.7 Å². The van der Waals surface area contributed by atoms with E-state index >= 15 is 0 Å². The molecule has 2 aromatic heterocycles. The van der Waals surface area contributed by atoms with E-state index in [1.54, 1.807) is 0 Å². The van der Waals surface area contributed by atoms with E-state index in [0.29, 0.717) is 11.4 Å². The van der Waals surface area contributed by atoms with Crippen molar-refractivity contribution in [1.29, 1.82) is 0 Å². The van der Waals surface area contributed by atoms with Crippen molar-refractivity contribution in [1.82, 2.24) is 14.5 Å². The first-order valence-electron chi connectivity index (χ1n) is 24.4. The zero-order valence-corrected chi connectivity index (χ0v) is 48.3. The monoisotopic (exact) mass is 1220 g/mol. The quantitative estimate of drug-likeness (QED) is 0.133. The molecule has 0 saturated carbocycles. The van der Waals surface area contributed by atoms with E-state index in [2.05, 4.69) is 224 Å². The van der Waals surface area contributed by atoms with Crippen LogP contribution in [0.2, 0.25) is 0 Å². The van der Waals surface area contributed by atoms with Crippen molar-refractivity contribution in [2.24, 2.45) is 5.41 Å². The SMILES string of the molecule is CC(C)(C)Cc1ccc2c(c1)[Te](=O)c1c-2ccnc1-c1[c-]c(-c2cccc3c2nc(-c2cc(C(C)(C)C)cc(C(C)(C)C)c2O)n3-c2ccc(C(C)(C)C)cc2-c2ccccc2)cc(C(C)(C)C)c1.[Pt]. The van der Waals surface area contributed by atoms with Crippen molar-refractivity contribution in [2.45, 2.75) is 132 Å². The number of aromatic hydroxyl groups is 1. The Hall–Kier alpha value is -4.98. The Morgan fingerprint density at radius 1 is 0.586 bits per heavy atom. The van der Waals surface area contributed by atoms with E-state index in [-0.39, 0.29) is 53.9 Å². The van der Waals surface area contributed by atoms with Gasteiger partial charge in [0.05, 0.1) is 0 Å². The second-order valence-corrected chi connectivity index (χ2v) is 28.5. The number of aromatic nitrogens is 3. The van der Waals surface area contributed by atoms with Crippen LogP contribution in [-0.2, 0) is 52.3 Å². The number of fused-ring (bicyclic) bond motifs is 4. The van der Waals surface area contributed by atoms with Crippen LogP contribution < -0.4 is 7.22 Å². The number of phenolic OH excluding ortho intramolecular Hbond substituents is 1. The van der Waals surface area contributed by atoms with Crippen molar-refractivity contribution < 1.29 is 29.3 Å². The van der Waals surface area contributed by atoms with Gasteiger partial charge in [-0.1, -0.05) is 98.7 Å². The normalized spacial score (nSPS) is 13.4. The Morgan fingerprint density at radius 2 is 1.23 bits per heavy atom. The molecule has 7 heteroatoms. The summed E-state index contributed by atoms with van der Waals surface area (Å²) in [4.78, 5) is 10.7. The topological polar surface area (TPSA) is 68.0 Å². The van der Waals surface area contributed by atoms with Gasteiger partial charge < -0.3 is 0 Å². The summed E-state index contributed by atoms with van der Waals surface area (Å²) in [5.74, 6) is 0.893. The Kier molecular flexibility index (Phi) is 13.4. The molecule has 0 radical (unpaired) electrons. The third-order valence-corrected chi connectivity index (χ3v) is 17.9. The van der Waals surface area contributed by atoms with E-state index in [4.69, 9.17) is 9.97 Å². The molecule has 3 heterocycles. The summed E-state index contributed by atoms with van der Waals surface area (Å²) in [5.41, 5.74) is 15.7.